The fourth-order valence-electron chi connectivity index (χ4n) is 2.03. The molecule has 2 aromatic rings. The van der Waals surface area contributed by atoms with Crippen LogP contribution < -0.4 is 20.1 Å². The van der Waals surface area contributed by atoms with E-state index in [0.717, 1.165) is 17.0 Å². The molecule has 0 aliphatic heterocycles. The van der Waals surface area contributed by atoms with Crippen molar-refractivity contribution in [1.82, 2.24) is 0 Å². The van der Waals surface area contributed by atoms with E-state index in [2.05, 4.69) is 10.6 Å². The van der Waals surface area contributed by atoms with E-state index >= 15 is 0 Å². The first-order valence-corrected chi connectivity index (χ1v) is 7.08. The van der Waals surface area contributed by atoms with Gasteiger partial charge in [-0.2, -0.15) is 0 Å². The summed E-state index contributed by atoms with van der Waals surface area (Å²) in [4.78, 5) is 12.1. The minimum Gasteiger partial charge on any atom is -0.497 e. The fraction of sp³-hybridized carbons (Fsp3) is 0.235. The Morgan fingerprint density at radius 3 is 2.50 bits per heavy atom. The van der Waals surface area contributed by atoms with E-state index in [1.54, 1.807) is 19.2 Å². The predicted octanol–water partition coefficient (Wildman–Crippen LogP) is 4.05. The smallest absolute Gasteiger partial charge is 0.323 e. The number of carbonyl (C=O) groups is 1. The number of ether oxygens (including phenoxy) is 2. The molecular weight excluding hydrogens is 280 g/mol. The number of methoxy groups -OCH3 is 1. The molecule has 0 bridgehead atoms. The van der Waals surface area contributed by atoms with Crippen molar-refractivity contribution in [2.24, 2.45) is 0 Å². The summed E-state index contributed by atoms with van der Waals surface area (Å²) in [6.45, 7) is 4.35. The minimum absolute atomic E-state index is 0.319. The fourth-order valence-corrected chi connectivity index (χ4v) is 2.03. The molecule has 0 saturated carbocycles. The lowest BCUT2D eigenvalue weighted by Crippen LogP contribution is -2.20. The van der Waals surface area contributed by atoms with Crippen LogP contribution in [0.4, 0.5) is 16.2 Å². The molecule has 0 fully saturated rings. The number of para-hydroxylation sites is 2. The summed E-state index contributed by atoms with van der Waals surface area (Å²) in [5.41, 5.74) is 2.28. The number of aryl methyl sites for hydroxylation is 1. The standard InChI is InChI=1S/C17H20N2O3/c1-4-22-16-8-6-5-7-15(16)19-17(20)18-14-10-9-13(21-3)11-12(14)2/h5-11H,4H2,1-3H3,(H2,18,19,20). The number of urea groups is 1. The van der Waals surface area contributed by atoms with Gasteiger partial charge in [-0.3, -0.25) is 0 Å². The van der Waals surface area contributed by atoms with Crippen molar-refractivity contribution >= 4 is 17.4 Å². The van der Waals surface area contributed by atoms with Gasteiger partial charge >= 0.3 is 6.03 Å². The largest absolute Gasteiger partial charge is 0.497 e. The van der Waals surface area contributed by atoms with Crippen LogP contribution in [-0.2, 0) is 0 Å². The number of nitrogens with one attached hydrogen (secondary N) is 2. The molecule has 0 heterocycles. The molecule has 2 rings (SSSR count). The first kappa shape index (κ1) is 15.7. The van der Waals surface area contributed by atoms with Crippen LogP contribution in [0, 0.1) is 6.92 Å². The van der Waals surface area contributed by atoms with E-state index in [1.165, 1.54) is 0 Å². The van der Waals surface area contributed by atoms with Gasteiger partial charge in [0.05, 0.1) is 19.4 Å². The van der Waals surface area contributed by atoms with Crippen LogP contribution in [0.2, 0.25) is 0 Å². The molecule has 0 radical (unpaired) electrons. The van der Waals surface area contributed by atoms with Gasteiger partial charge in [0, 0.05) is 5.69 Å². The zero-order chi connectivity index (χ0) is 15.9. The molecule has 0 spiro atoms. The van der Waals surface area contributed by atoms with Gasteiger partial charge in [-0.15, -0.1) is 0 Å². The second-order valence-electron chi connectivity index (χ2n) is 4.69. The lowest BCUT2D eigenvalue weighted by atomic mass is 10.2. The summed E-state index contributed by atoms with van der Waals surface area (Å²) in [5.74, 6) is 1.40. The van der Waals surface area contributed by atoms with E-state index in [1.807, 2.05) is 44.2 Å². The third-order valence-electron chi connectivity index (χ3n) is 3.12. The molecule has 0 aromatic heterocycles. The first-order chi connectivity index (χ1) is 10.6. The Balaban J connectivity index is 2.07. The molecule has 22 heavy (non-hydrogen) atoms. The van der Waals surface area contributed by atoms with Gasteiger partial charge < -0.3 is 20.1 Å². The highest BCUT2D eigenvalue weighted by molar-refractivity contribution is 6.01. The minimum atomic E-state index is -0.319. The van der Waals surface area contributed by atoms with Crippen molar-refractivity contribution in [1.29, 1.82) is 0 Å². The molecule has 5 heteroatoms. The highest BCUT2D eigenvalue weighted by Gasteiger charge is 2.09. The Kier molecular flexibility index (Phi) is 5.25. The summed E-state index contributed by atoms with van der Waals surface area (Å²) in [6, 6.07) is 12.5. The zero-order valence-electron chi connectivity index (χ0n) is 13.0. The molecule has 0 aliphatic rings. The monoisotopic (exact) mass is 300 g/mol. The van der Waals surface area contributed by atoms with E-state index in [0.29, 0.717) is 18.0 Å². The molecule has 2 N–H and O–H groups in total. The Bertz CT molecular complexity index is 656. The summed E-state index contributed by atoms with van der Waals surface area (Å²) >= 11 is 0. The van der Waals surface area contributed by atoms with Gasteiger partial charge in [0.2, 0.25) is 0 Å². The molecule has 116 valence electrons. The van der Waals surface area contributed by atoms with Crippen LogP contribution in [0.5, 0.6) is 11.5 Å². The summed E-state index contributed by atoms with van der Waals surface area (Å²) in [7, 11) is 1.61. The van der Waals surface area contributed by atoms with Gasteiger partial charge in [-0.1, -0.05) is 12.1 Å². The van der Waals surface area contributed by atoms with Crippen LogP contribution in [0.3, 0.4) is 0 Å². The maximum atomic E-state index is 12.1. The summed E-state index contributed by atoms with van der Waals surface area (Å²) < 4.78 is 10.6. The number of benzene rings is 2. The van der Waals surface area contributed by atoms with Crippen LogP contribution in [0.25, 0.3) is 0 Å². The molecule has 0 atom stereocenters. The van der Waals surface area contributed by atoms with Gasteiger partial charge in [-0.25, -0.2) is 4.79 Å². The Morgan fingerprint density at radius 2 is 1.82 bits per heavy atom. The normalized spacial score (nSPS) is 9.95. The molecule has 2 amide bonds. The number of anilines is 2. The summed E-state index contributed by atoms with van der Waals surface area (Å²) in [6.07, 6.45) is 0. The number of carbonyl (C=O) groups excluding carboxylic acids is 1. The average molecular weight is 300 g/mol. The van der Waals surface area contributed by atoms with Crippen molar-refractivity contribution in [3.05, 3.63) is 48.0 Å². The van der Waals surface area contributed by atoms with E-state index in [4.69, 9.17) is 9.47 Å². The van der Waals surface area contributed by atoms with Crippen molar-refractivity contribution in [2.45, 2.75) is 13.8 Å². The first-order valence-electron chi connectivity index (χ1n) is 7.08. The molecule has 2 aromatic carbocycles. The highest BCUT2D eigenvalue weighted by atomic mass is 16.5. The van der Waals surface area contributed by atoms with Gasteiger partial charge in [0.1, 0.15) is 11.5 Å². The molecular formula is C17H20N2O3. The highest BCUT2D eigenvalue weighted by Crippen LogP contribution is 2.25. The zero-order valence-corrected chi connectivity index (χ0v) is 13.0. The van der Waals surface area contributed by atoms with E-state index in [9.17, 15) is 4.79 Å². The lowest BCUT2D eigenvalue weighted by molar-refractivity contribution is 0.262. The Hall–Kier alpha value is -2.69. The third kappa shape index (κ3) is 3.91. The second-order valence-corrected chi connectivity index (χ2v) is 4.69. The van der Waals surface area contributed by atoms with Gasteiger partial charge in [0.15, 0.2) is 0 Å². The van der Waals surface area contributed by atoms with Crippen molar-refractivity contribution in [3.8, 4) is 11.5 Å². The molecule has 5 nitrogen and oxygen atoms in total. The quantitative estimate of drug-likeness (QED) is 0.876. The number of hydrogen-bond acceptors (Lipinski definition) is 3. The Morgan fingerprint density at radius 1 is 1.09 bits per heavy atom. The van der Waals surface area contributed by atoms with Crippen LogP contribution in [0.15, 0.2) is 42.5 Å². The van der Waals surface area contributed by atoms with Crippen LogP contribution in [-0.4, -0.2) is 19.7 Å². The SMILES string of the molecule is CCOc1ccccc1NC(=O)Nc1ccc(OC)cc1C. The number of rotatable bonds is 5. The second kappa shape index (κ2) is 7.36. The molecule has 0 aliphatic carbocycles. The topological polar surface area (TPSA) is 59.6 Å². The van der Waals surface area contributed by atoms with Gasteiger partial charge in [0.25, 0.3) is 0 Å². The summed E-state index contributed by atoms with van der Waals surface area (Å²) in [5, 5.41) is 5.61. The van der Waals surface area contributed by atoms with E-state index < -0.39 is 0 Å². The number of amides is 2. The maximum Gasteiger partial charge on any atom is 0.323 e. The molecule has 0 saturated heterocycles. The van der Waals surface area contributed by atoms with Crippen molar-refractivity contribution < 1.29 is 14.3 Å². The van der Waals surface area contributed by atoms with Crippen molar-refractivity contribution in [2.75, 3.05) is 24.4 Å². The predicted molar refractivity (Wildman–Crippen MR) is 88.0 cm³/mol. The number of hydrogen-bond donors (Lipinski definition) is 2. The van der Waals surface area contributed by atoms with Crippen molar-refractivity contribution in [3.63, 3.8) is 0 Å². The molecule has 0 unspecified atom stereocenters. The average Bonchev–Trinajstić information content (AvgIpc) is 2.51. The maximum absolute atomic E-state index is 12.1. The van der Waals surface area contributed by atoms with Crippen LogP contribution >= 0.6 is 0 Å². The van der Waals surface area contributed by atoms with Gasteiger partial charge in [-0.05, 0) is 49.7 Å². The van der Waals surface area contributed by atoms with Crippen LogP contribution in [0.1, 0.15) is 12.5 Å². The Labute approximate surface area is 130 Å². The van der Waals surface area contributed by atoms with E-state index in [-0.39, 0.29) is 6.03 Å². The third-order valence-corrected chi connectivity index (χ3v) is 3.12. The lowest BCUT2D eigenvalue weighted by Gasteiger charge is -2.13.